The van der Waals surface area contributed by atoms with Crippen LogP contribution in [0.2, 0.25) is 0 Å². The van der Waals surface area contributed by atoms with Gasteiger partial charge in [-0.05, 0) is 69.6 Å². The van der Waals surface area contributed by atoms with Gasteiger partial charge in [0.25, 0.3) is 0 Å². The molecule has 140 valence electrons. The van der Waals surface area contributed by atoms with Crippen LogP contribution < -0.4 is 10.6 Å². The molecule has 0 spiro atoms. The fourth-order valence-electron chi connectivity index (χ4n) is 3.16. The Morgan fingerprint density at radius 3 is 1.92 bits per heavy atom. The maximum absolute atomic E-state index is 11.9. The first-order valence-electron chi connectivity index (χ1n) is 9.39. The molecule has 2 rings (SSSR count). The van der Waals surface area contributed by atoms with Crippen LogP contribution in [-0.4, -0.2) is 23.8 Å². The largest absolute Gasteiger partial charge is 0.444 e. The fraction of sp³-hybridized carbons (Fsp3) is 0.667. The van der Waals surface area contributed by atoms with Crippen molar-refractivity contribution in [3.63, 3.8) is 0 Å². The predicted octanol–water partition coefficient (Wildman–Crippen LogP) is 5.23. The van der Waals surface area contributed by atoms with Crippen molar-refractivity contribution in [2.45, 2.75) is 90.3 Å². The number of anilines is 1. The minimum absolute atomic E-state index is 0.184. The lowest BCUT2D eigenvalue weighted by atomic mass is 9.87. The van der Waals surface area contributed by atoms with E-state index in [0.29, 0.717) is 6.04 Å². The van der Waals surface area contributed by atoms with E-state index < -0.39 is 5.60 Å². The lowest BCUT2D eigenvalue weighted by Gasteiger charge is -2.31. The first-order valence-corrected chi connectivity index (χ1v) is 9.39. The molecule has 2 N–H and O–H groups in total. The minimum atomic E-state index is -0.442. The summed E-state index contributed by atoms with van der Waals surface area (Å²) >= 11 is 0. The van der Waals surface area contributed by atoms with Gasteiger partial charge in [0.2, 0.25) is 0 Å². The molecule has 0 heterocycles. The first kappa shape index (κ1) is 19.6. The molecule has 4 heteroatoms. The molecule has 1 aromatic carbocycles. The number of alkyl carbamates (subject to hydrolysis) is 1. The molecule has 1 aliphatic rings. The van der Waals surface area contributed by atoms with E-state index in [0.717, 1.165) is 25.7 Å². The second-order valence-corrected chi connectivity index (χ2v) is 9.17. The summed E-state index contributed by atoms with van der Waals surface area (Å²) in [6, 6.07) is 9.45. The molecular weight excluding hydrogens is 312 g/mol. The highest BCUT2D eigenvalue weighted by atomic mass is 16.6. The maximum atomic E-state index is 11.9. The van der Waals surface area contributed by atoms with Gasteiger partial charge in [0.1, 0.15) is 5.60 Å². The van der Waals surface area contributed by atoms with E-state index in [1.165, 1.54) is 11.3 Å². The lowest BCUT2D eigenvalue weighted by molar-refractivity contribution is 0.0492. The van der Waals surface area contributed by atoms with Crippen molar-refractivity contribution in [2.75, 3.05) is 5.32 Å². The molecule has 1 fully saturated rings. The predicted molar refractivity (Wildman–Crippen MR) is 104 cm³/mol. The number of ether oxygens (including phenoxy) is 1. The van der Waals surface area contributed by atoms with Crippen molar-refractivity contribution >= 4 is 11.8 Å². The van der Waals surface area contributed by atoms with Gasteiger partial charge in [-0.2, -0.15) is 0 Å². The molecule has 1 aliphatic carbocycles. The van der Waals surface area contributed by atoms with Crippen LogP contribution in [0.3, 0.4) is 0 Å². The van der Waals surface area contributed by atoms with Crippen LogP contribution in [0.1, 0.15) is 72.8 Å². The van der Waals surface area contributed by atoms with E-state index in [2.05, 4.69) is 55.7 Å². The zero-order valence-corrected chi connectivity index (χ0v) is 16.6. The average molecular weight is 347 g/mol. The number of carbonyl (C=O) groups is 1. The summed E-state index contributed by atoms with van der Waals surface area (Å²) in [5, 5.41) is 6.62. The Morgan fingerprint density at radius 2 is 1.44 bits per heavy atom. The SMILES string of the molecule is CC(C)(C)OC(=O)NC1CCC(Nc2ccc(C(C)(C)C)cc2)CC1. The third-order valence-corrected chi connectivity index (χ3v) is 4.57. The molecule has 0 bridgehead atoms. The van der Waals surface area contributed by atoms with Crippen LogP contribution in [0, 0.1) is 0 Å². The normalized spacial score (nSPS) is 21.5. The number of hydrogen-bond acceptors (Lipinski definition) is 3. The molecule has 0 aromatic heterocycles. The van der Waals surface area contributed by atoms with Gasteiger partial charge in [0.15, 0.2) is 0 Å². The molecule has 0 saturated heterocycles. The third kappa shape index (κ3) is 6.60. The quantitative estimate of drug-likeness (QED) is 0.787. The number of hydrogen-bond donors (Lipinski definition) is 2. The maximum Gasteiger partial charge on any atom is 0.407 e. The van der Waals surface area contributed by atoms with Crippen molar-refractivity contribution in [2.24, 2.45) is 0 Å². The van der Waals surface area contributed by atoms with Crippen LogP contribution in [0.15, 0.2) is 24.3 Å². The number of nitrogens with one attached hydrogen (secondary N) is 2. The molecule has 0 radical (unpaired) electrons. The summed E-state index contributed by atoms with van der Waals surface area (Å²) in [5.41, 5.74) is 2.27. The number of carbonyl (C=O) groups excluding carboxylic acids is 1. The van der Waals surface area contributed by atoms with E-state index in [4.69, 9.17) is 4.74 Å². The summed E-state index contributed by atoms with van der Waals surface area (Å²) < 4.78 is 5.34. The van der Waals surface area contributed by atoms with E-state index >= 15 is 0 Å². The fourth-order valence-corrected chi connectivity index (χ4v) is 3.16. The second-order valence-electron chi connectivity index (χ2n) is 9.17. The van der Waals surface area contributed by atoms with Gasteiger partial charge in [-0.25, -0.2) is 4.79 Å². The summed E-state index contributed by atoms with van der Waals surface area (Å²) in [6.45, 7) is 12.4. The Kier molecular flexibility index (Phi) is 6.02. The van der Waals surface area contributed by atoms with Crippen molar-refractivity contribution in [1.29, 1.82) is 0 Å². The van der Waals surface area contributed by atoms with Crippen LogP contribution in [-0.2, 0) is 10.2 Å². The Labute approximate surface area is 152 Å². The monoisotopic (exact) mass is 346 g/mol. The molecule has 1 saturated carbocycles. The molecule has 4 nitrogen and oxygen atoms in total. The number of rotatable bonds is 3. The zero-order valence-electron chi connectivity index (χ0n) is 16.6. The Morgan fingerprint density at radius 1 is 0.920 bits per heavy atom. The molecule has 25 heavy (non-hydrogen) atoms. The van der Waals surface area contributed by atoms with E-state index in [1.54, 1.807) is 0 Å². The van der Waals surface area contributed by atoms with Gasteiger partial charge in [-0.1, -0.05) is 32.9 Å². The standard InChI is InChI=1S/C21H34N2O2/c1-20(2,3)15-7-9-16(10-8-15)22-17-11-13-18(14-12-17)23-19(24)25-21(4,5)6/h7-10,17-18,22H,11-14H2,1-6H3,(H,23,24). The summed E-state index contributed by atoms with van der Waals surface area (Å²) in [6.07, 6.45) is 3.78. The summed E-state index contributed by atoms with van der Waals surface area (Å²) in [7, 11) is 0. The van der Waals surface area contributed by atoms with E-state index in [1.807, 2.05) is 20.8 Å². The van der Waals surface area contributed by atoms with E-state index in [9.17, 15) is 4.79 Å². The number of benzene rings is 1. The molecule has 1 aromatic rings. The van der Waals surface area contributed by atoms with Crippen LogP contribution in [0.4, 0.5) is 10.5 Å². The van der Waals surface area contributed by atoms with Crippen LogP contribution in [0.25, 0.3) is 0 Å². The highest BCUT2D eigenvalue weighted by Crippen LogP contribution is 2.26. The van der Waals surface area contributed by atoms with Gasteiger partial charge in [0.05, 0.1) is 0 Å². The minimum Gasteiger partial charge on any atom is -0.444 e. The average Bonchev–Trinajstić information content (AvgIpc) is 2.47. The summed E-state index contributed by atoms with van der Waals surface area (Å²) in [4.78, 5) is 11.9. The van der Waals surface area contributed by atoms with Crippen molar-refractivity contribution in [3.8, 4) is 0 Å². The van der Waals surface area contributed by atoms with Gasteiger partial charge < -0.3 is 15.4 Å². The van der Waals surface area contributed by atoms with Crippen molar-refractivity contribution in [1.82, 2.24) is 5.32 Å². The Hall–Kier alpha value is -1.71. The molecular formula is C21H34N2O2. The molecule has 0 atom stereocenters. The lowest BCUT2D eigenvalue weighted by Crippen LogP contribution is -2.42. The van der Waals surface area contributed by atoms with Gasteiger partial charge >= 0.3 is 6.09 Å². The van der Waals surface area contributed by atoms with Crippen LogP contribution in [0.5, 0.6) is 0 Å². The highest BCUT2D eigenvalue weighted by molar-refractivity contribution is 5.68. The van der Waals surface area contributed by atoms with Crippen molar-refractivity contribution in [3.05, 3.63) is 29.8 Å². The van der Waals surface area contributed by atoms with Gasteiger partial charge in [0, 0.05) is 17.8 Å². The molecule has 1 amide bonds. The smallest absolute Gasteiger partial charge is 0.407 e. The highest BCUT2D eigenvalue weighted by Gasteiger charge is 2.24. The Bertz CT molecular complexity index is 559. The molecule has 0 unspecified atom stereocenters. The third-order valence-electron chi connectivity index (χ3n) is 4.57. The van der Waals surface area contributed by atoms with Gasteiger partial charge in [-0.3, -0.25) is 0 Å². The van der Waals surface area contributed by atoms with Gasteiger partial charge in [-0.15, -0.1) is 0 Å². The topological polar surface area (TPSA) is 50.4 Å². The van der Waals surface area contributed by atoms with Crippen molar-refractivity contribution < 1.29 is 9.53 Å². The molecule has 0 aliphatic heterocycles. The number of amides is 1. The van der Waals surface area contributed by atoms with Crippen LogP contribution >= 0.6 is 0 Å². The zero-order chi connectivity index (χ0) is 18.7. The summed E-state index contributed by atoms with van der Waals surface area (Å²) in [5.74, 6) is 0. The van der Waals surface area contributed by atoms with E-state index in [-0.39, 0.29) is 17.6 Å². The second kappa shape index (κ2) is 7.67. The first-order chi connectivity index (χ1) is 11.5. The Balaban J connectivity index is 1.78.